The molecule has 6 aromatic heterocycles. The lowest BCUT2D eigenvalue weighted by molar-refractivity contribution is -0.281. The van der Waals surface area contributed by atoms with Gasteiger partial charge in [-0.3, -0.25) is 9.36 Å². The molecule has 2 aliphatic carbocycles. The predicted molar refractivity (Wildman–Crippen MR) is 355 cm³/mol. The summed E-state index contributed by atoms with van der Waals surface area (Å²) in [5.41, 5.74) is 5.03. The zero-order chi connectivity index (χ0) is 66.5. The van der Waals surface area contributed by atoms with E-state index in [0.717, 1.165) is 98.1 Å². The molecule has 2 aliphatic heterocycles. The van der Waals surface area contributed by atoms with Crippen molar-refractivity contribution in [3.05, 3.63) is 124 Å². The van der Waals surface area contributed by atoms with Crippen LogP contribution in [0.25, 0.3) is 33.1 Å². The lowest BCUT2D eigenvalue weighted by Gasteiger charge is -2.46. The van der Waals surface area contributed by atoms with Crippen molar-refractivity contribution in [3.8, 4) is 34.5 Å². The summed E-state index contributed by atoms with van der Waals surface area (Å²) in [6.45, 7) is 4.24. The van der Waals surface area contributed by atoms with E-state index in [9.17, 15) is 8.78 Å². The molecule has 95 heavy (non-hydrogen) atoms. The summed E-state index contributed by atoms with van der Waals surface area (Å²) < 4.78 is 92.1. The van der Waals surface area contributed by atoms with E-state index in [1.807, 2.05) is 58.2 Å². The third kappa shape index (κ3) is 13.2. The second-order valence-corrected chi connectivity index (χ2v) is 24.5. The molecule has 2 saturated carbocycles. The van der Waals surface area contributed by atoms with E-state index < -0.39 is 23.2 Å². The van der Waals surface area contributed by atoms with Crippen LogP contribution in [0, 0.1) is 11.6 Å². The molecule has 8 heterocycles. The third-order valence-electron chi connectivity index (χ3n) is 18.5. The van der Waals surface area contributed by atoms with E-state index in [4.69, 9.17) is 77.5 Å². The molecule has 2 saturated heterocycles. The first-order chi connectivity index (χ1) is 46.2. The number of rotatable bonds is 21. The van der Waals surface area contributed by atoms with Gasteiger partial charge < -0.3 is 68.2 Å². The Morgan fingerprint density at radius 2 is 1.05 bits per heavy atom. The minimum absolute atomic E-state index is 0.0237. The van der Waals surface area contributed by atoms with Crippen LogP contribution in [0.5, 0.6) is 34.5 Å². The highest BCUT2D eigenvalue weighted by Gasteiger charge is 2.51. The second-order valence-electron chi connectivity index (χ2n) is 23.5. The molecule has 4 atom stereocenters. The first-order valence-corrected chi connectivity index (χ1v) is 32.2. The van der Waals surface area contributed by atoms with Gasteiger partial charge in [-0.25, -0.2) is 28.7 Å². The molecule has 26 nitrogen and oxygen atoms in total. The first kappa shape index (κ1) is 66.3. The van der Waals surface area contributed by atoms with Gasteiger partial charge in [0, 0.05) is 144 Å². The Hall–Kier alpha value is -8.74. The number of halogens is 3. The number of benzene rings is 4. The lowest BCUT2D eigenvalue weighted by atomic mass is 9.84. The van der Waals surface area contributed by atoms with Gasteiger partial charge >= 0.3 is 0 Å². The molecule has 4 aliphatic rings. The van der Waals surface area contributed by atoms with Crippen molar-refractivity contribution < 1.29 is 56.1 Å². The van der Waals surface area contributed by atoms with Gasteiger partial charge in [0.15, 0.2) is 57.7 Å². The molecule has 10 aromatic rings. The quantitative estimate of drug-likeness (QED) is 0.0565. The van der Waals surface area contributed by atoms with Crippen molar-refractivity contribution in [3.63, 3.8) is 0 Å². The molecule has 2 unspecified atom stereocenters. The average Bonchev–Trinajstić information content (AvgIpc) is 1.71. The van der Waals surface area contributed by atoms with Crippen LogP contribution in [0.15, 0.2) is 89.9 Å². The number of hydrogen-bond donors (Lipinski definition) is 3. The molecule has 14 rings (SSSR count). The molecule has 3 N–H and O–H groups in total. The zero-order valence-electron chi connectivity index (χ0n) is 54.8. The third-order valence-corrected chi connectivity index (χ3v) is 18.9. The largest absolute Gasteiger partial charge is 0.497 e. The standard InChI is InChI=1S/C33H39FN8O5.C24H27FN6O3.C9H13BrN2O2/c1-43-23-9-8-20(27(13-23)44-2)16-35-32-37-26-15-28(45-3)25(34)14-24(26)31-38-30(39-42(31)32)21-7-6-12-40(18-21)22-17-36-41(19-22)29-10-11-33(29,46-4)47-5;1-32-16-7-6-14(20(9-16)33-2)13-27-24-28-19-11-21(34-3)18(25)10-17(19)23-29-22(30-31(23)24)15-5-4-8-26-12-15;1-13-9(14-2)4-3-8(9)12-6-7(10)5-11-12/h8-9,13-15,17,19,21,29H,6-7,10-12,16,18H2,1-5H3,(H,35,37);6-7,9-11,15,26H,4-5,8,12-13H2,1-3H3,(H,27,28);5-6,8H,3-4H2,1-2H3/t21-,29?;15-;/m11./s1. The Bertz CT molecular complexity index is 4310. The number of hydrogen-bond acceptors (Lipinski definition) is 22. The first-order valence-electron chi connectivity index (χ1n) is 31.4. The Morgan fingerprint density at radius 1 is 0.558 bits per heavy atom. The van der Waals surface area contributed by atoms with Crippen molar-refractivity contribution >= 4 is 66.6 Å². The molecule has 504 valence electrons. The van der Waals surface area contributed by atoms with Crippen LogP contribution in [0.2, 0.25) is 0 Å². The van der Waals surface area contributed by atoms with Crippen LogP contribution in [0.1, 0.15) is 98.1 Å². The molecule has 0 spiro atoms. The molecule has 0 radical (unpaired) electrons. The van der Waals surface area contributed by atoms with Gasteiger partial charge in [0.05, 0.1) is 76.2 Å². The number of methoxy groups -OCH3 is 10. The van der Waals surface area contributed by atoms with Gasteiger partial charge in [0.25, 0.3) is 0 Å². The molecule has 4 fully saturated rings. The monoisotopic (exact) mass is 1370 g/mol. The normalized spacial score (nSPS) is 18.9. The Balaban J connectivity index is 0.000000156. The summed E-state index contributed by atoms with van der Waals surface area (Å²) in [4.78, 5) is 21.7. The Morgan fingerprint density at radius 3 is 1.49 bits per heavy atom. The SMILES string of the molecule is COC1(OC)CCC1n1cc(Br)cn1.COc1ccc(CNc2nc3cc(OC)c(F)cc3c3nc([C@@H]4CCCN(c5cnn(C6CCC6(OC)OC)c5)C4)nn23)c(OC)c1.COc1ccc(CNc2nc3cc(OC)c(F)cc3c3nc([C@@H]4CCCNC4)nn23)c(OC)c1. The summed E-state index contributed by atoms with van der Waals surface area (Å²) in [7, 11) is 16.0. The van der Waals surface area contributed by atoms with E-state index in [0.29, 0.717) is 93.5 Å². The van der Waals surface area contributed by atoms with Crippen molar-refractivity contribution in [2.45, 2.75) is 99.9 Å². The minimum atomic E-state index is -0.640. The van der Waals surface area contributed by atoms with Crippen molar-refractivity contribution in [2.75, 3.05) is 113 Å². The van der Waals surface area contributed by atoms with Crippen LogP contribution < -0.4 is 49.3 Å². The van der Waals surface area contributed by atoms with Gasteiger partial charge in [-0.2, -0.15) is 19.2 Å². The van der Waals surface area contributed by atoms with Crippen LogP contribution in [0.4, 0.5) is 26.4 Å². The van der Waals surface area contributed by atoms with E-state index in [1.54, 1.807) is 84.2 Å². The summed E-state index contributed by atoms with van der Waals surface area (Å²) >= 11 is 3.37. The lowest BCUT2D eigenvalue weighted by Crippen LogP contribution is -2.51. The average molecular weight is 1370 g/mol. The molecule has 0 amide bonds. The molecule has 4 aromatic carbocycles. The van der Waals surface area contributed by atoms with Gasteiger partial charge in [0.2, 0.25) is 11.9 Å². The summed E-state index contributed by atoms with van der Waals surface area (Å²) in [6, 6.07) is 17.5. The maximum absolute atomic E-state index is 15.0. The highest BCUT2D eigenvalue weighted by atomic mass is 79.9. The number of nitrogens with one attached hydrogen (secondary N) is 3. The van der Waals surface area contributed by atoms with E-state index >= 15 is 0 Å². The maximum atomic E-state index is 15.0. The Kier molecular flexibility index (Phi) is 20.0. The van der Waals surface area contributed by atoms with Crippen LogP contribution in [-0.4, -0.2) is 168 Å². The topological polar surface area (TPSA) is 253 Å². The van der Waals surface area contributed by atoms with Crippen molar-refractivity contribution in [1.29, 1.82) is 0 Å². The predicted octanol–water partition coefficient (Wildman–Crippen LogP) is 10.5. The smallest absolute Gasteiger partial charge is 0.226 e. The minimum Gasteiger partial charge on any atom is -0.497 e. The number of piperidine rings is 2. The highest BCUT2D eigenvalue weighted by molar-refractivity contribution is 9.10. The highest BCUT2D eigenvalue weighted by Crippen LogP contribution is 2.47. The van der Waals surface area contributed by atoms with E-state index in [-0.39, 0.29) is 35.4 Å². The van der Waals surface area contributed by atoms with Gasteiger partial charge in [0.1, 0.15) is 35.1 Å². The fourth-order valence-electron chi connectivity index (χ4n) is 12.9. The fraction of sp³-hybridized carbons (Fsp3) is 0.455. The zero-order valence-corrected chi connectivity index (χ0v) is 56.4. The van der Waals surface area contributed by atoms with Crippen LogP contribution in [0.3, 0.4) is 0 Å². The fourth-order valence-corrected chi connectivity index (χ4v) is 13.2. The number of aromatic nitrogens is 12. The molecular formula is C66H79BrF2N16O10. The van der Waals surface area contributed by atoms with Crippen LogP contribution >= 0.6 is 15.9 Å². The molecular weight excluding hydrogens is 1290 g/mol. The van der Waals surface area contributed by atoms with E-state index in [2.05, 4.69) is 53.2 Å². The number of anilines is 3. The van der Waals surface area contributed by atoms with Crippen molar-refractivity contribution in [2.24, 2.45) is 0 Å². The van der Waals surface area contributed by atoms with Gasteiger partial charge in [-0.15, -0.1) is 10.2 Å². The second kappa shape index (κ2) is 28.7. The van der Waals surface area contributed by atoms with E-state index in [1.165, 1.54) is 26.4 Å². The van der Waals surface area contributed by atoms with Crippen LogP contribution in [-0.2, 0) is 32.0 Å². The summed E-state index contributed by atoms with van der Waals surface area (Å²) in [5, 5.41) is 29.9. The summed E-state index contributed by atoms with van der Waals surface area (Å²) in [5.74, 6) is 3.53. The summed E-state index contributed by atoms with van der Waals surface area (Å²) in [6.07, 6.45) is 15.3. The number of nitrogens with zero attached hydrogens (tertiary/aromatic N) is 13. The number of ether oxygens (including phenoxy) is 10. The number of fused-ring (bicyclic) bond motifs is 6. The van der Waals surface area contributed by atoms with Crippen molar-refractivity contribution in [1.82, 2.24) is 64.0 Å². The molecule has 29 heteroatoms. The Labute approximate surface area is 555 Å². The molecule has 0 bridgehead atoms. The van der Waals surface area contributed by atoms with Gasteiger partial charge in [-0.05, 0) is 97.4 Å². The maximum Gasteiger partial charge on any atom is 0.226 e. The van der Waals surface area contributed by atoms with Gasteiger partial charge in [-0.1, -0.05) is 0 Å².